The van der Waals surface area contributed by atoms with E-state index >= 15 is 0 Å². The molecule has 2 aromatic carbocycles. The van der Waals surface area contributed by atoms with Crippen LogP contribution in [0.3, 0.4) is 0 Å². The van der Waals surface area contributed by atoms with Crippen molar-refractivity contribution < 1.29 is 4.79 Å². The van der Waals surface area contributed by atoms with Crippen LogP contribution < -0.4 is 16.6 Å². The summed E-state index contributed by atoms with van der Waals surface area (Å²) in [5.41, 5.74) is 2.13. The van der Waals surface area contributed by atoms with Gasteiger partial charge in [0.05, 0.1) is 5.75 Å². The second-order valence-corrected chi connectivity index (χ2v) is 9.01. The summed E-state index contributed by atoms with van der Waals surface area (Å²) in [5, 5.41) is 3.46. The lowest BCUT2D eigenvalue weighted by Gasteiger charge is -2.10. The molecule has 4 rings (SSSR count). The average Bonchev–Trinajstić information content (AvgIpc) is 3.23. The van der Waals surface area contributed by atoms with E-state index < -0.39 is 5.69 Å². The molecule has 2 aromatic heterocycles. The van der Waals surface area contributed by atoms with Gasteiger partial charge in [0.15, 0.2) is 16.3 Å². The van der Waals surface area contributed by atoms with Gasteiger partial charge in [0.2, 0.25) is 5.91 Å². The van der Waals surface area contributed by atoms with Crippen molar-refractivity contribution in [1.29, 1.82) is 0 Å². The summed E-state index contributed by atoms with van der Waals surface area (Å²) in [6, 6.07) is 19.8. The minimum Gasteiger partial charge on any atom is -0.351 e. The molecule has 0 aliphatic carbocycles. The van der Waals surface area contributed by atoms with E-state index in [1.54, 1.807) is 7.05 Å². The fraction of sp³-hybridized carbons (Fsp3) is 0.280. The van der Waals surface area contributed by atoms with E-state index in [0.717, 1.165) is 23.0 Å². The fourth-order valence-electron chi connectivity index (χ4n) is 3.81. The van der Waals surface area contributed by atoms with Crippen LogP contribution in [-0.2, 0) is 38.4 Å². The SMILES string of the molecule is Cn1c(=O)c2c(nc(SCC(=O)NCc3ccccc3)n2CCCc2ccccc2)n(C)c1=O. The van der Waals surface area contributed by atoms with Crippen molar-refractivity contribution in [3.63, 3.8) is 0 Å². The Balaban J connectivity index is 1.55. The third kappa shape index (κ3) is 5.14. The molecule has 8 nitrogen and oxygen atoms in total. The molecular weight excluding hydrogens is 450 g/mol. The summed E-state index contributed by atoms with van der Waals surface area (Å²) in [6.07, 6.45) is 1.63. The van der Waals surface area contributed by atoms with Crippen LogP contribution in [0.5, 0.6) is 0 Å². The topological polar surface area (TPSA) is 90.9 Å². The minimum absolute atomic E-state index is 0.126. The molecule has 0 aliphatic heterocycles. The lowest BCUT2D eigenvalue weighted by Crippen LogP contribution is -2.37. The van der Waals surface area contributed by atoms with Crippen LogP contribution in [0.4, 0.5) is 0 Å². The zero-order chi connectivity index (χ0) is 24.1. The molecule has 2 heterocycles. The smallest absolute Gasteiger partial charge is 0.332 e. The second-order valence-electron chi connectivity index (χ2n) is 8.06. The van der Waals surface area contributed by atoms with Crippen LogP contribution in [0.25, 0.3) is 11.2 Å². The third-order valence-corrected chi connectivity index (χ3v) is 6.64. The number of nitrogens with zero attached hydrogens (tertiary/aromatic N) is 4. The molecular formula is C25H27N5O3S. The van der Waals surface area contributed by atoms with Crippen molar-refractivity contribution in [2.75, 3.05) is 5.75 Å². The van der Waals surface area contributed by atoms with Crippen molar-refractivity contribution >= 4 is 28.8 Å². The number of thioether (sulfide) groups is 1. The standard InChI is InChI=1S/C25H27N5O3S/c1-28-22-21(23(32)29(2)25(28)33)30(15-9-14-18-10-5-3-6-11-18)24(27-22)34-17-20(31)26-16-19-12-7-4-8-13-19/h3-8,10-13H,9,14-17H2,1-2H3,(H,26,31). The van der Waals surface area contributed by atoms with Crippen molar-refractivity contribution in [3.05, 3.63) is 92.6 Å². The Kier molecular flexibility index (Phi) is 7.32. The summed E-state index contributed by atoms with van der Waals surface area (Å²) < 4.78 is 4.32. The molecule has 4 aromatic rings. The molecule has 0 fully saturated rings. The van der Waals surface area contributed by atoms with Gasteiger partial charge in [0, 0.05) is 27.2 Å². The molecule has 0 unspecified atom stereocenters. The normalized spacial score (nSPS) is 11.1. The molecule has 1 amide bonds. The quantitative estimate of drug-likeness (QED) is 0.374. The fourth-order valence-corrected chi connectivity index (χ4v) is 4.66. The highest BCUT2D eigenvalue weighted by Crippen LogP contribution is 2.22. The summed E-state index contributed by atoms with van der Waals surface area (Å²) in [5.74, 6) is 0.0295. The first-order valence-corrected chi connectivity index (χ1v) is 12.1. The minimum atomic E-state index is -0.427. The van der Waals surface area contributed by atoms with Crippen molar-refractivity contribution in [2.45, 2.75) is 31.1 Å². The number of fused-ring (bicyclic) bond motifs is 1. The Bertz CT molecular complexity index is 1410. The Morgan fingerprint density at radius 1 is 0.941 bits per heavy atom. The Hall–Kier alpha value is -3.59. The van der Waals surface area contributed by atoms with Gasteiger partial charge in [-0.05, 0) is 24.0 Å². The van der Waals surface area contributed by atoms with Gasteiger partial charge in [-0.3, -0.25) is 18.7 Å². The highest BCUT2D eigenvalue weighted by atomic mass is 32.2. The average molecular weight is 478 g/mol. The van der Waals surface area contributed by atoms with Gasteiger partial charge in [-0.15, -0.1) is 0 Å². The van der Waals surface area contributed by atoms with Crippen LogP contribution in [0, 0.1) is 0 Å². The third-order valence-electron chi connectivity index (χ3n) is 5.67. The molecule has 0 saturated heterocycles. The molecule has 9 heteroatoms. The van der Waals surface area contributed by atoms with Crippen molar-refractivity contribution in [3.8, 4) is 0 Å². The Morgan fingerprint density at radius 2 is 1.59 bits per heavy atom. The van der Waals surface area contributed by atoms with E-state index in [0.29, 0.717) is 29.4 Å². The number of carbonyl (C=O) groups is 1. The highest BCUT2D eigenvalue weighted by molar-refractivity contribution is 7.99. The molecule has 1 N–H and O–H groups in total. The molecule has 0 radical (unpaired) electrons. The summed E-state index contributed by atoms with van der Waals surface area (Å²) in [6.45, 7) is 0.996. The van der Waals surface area contributed by atoms with Crippen LogP contribution in [0.1, 0.15) is 17.5 Å². The van der Waals surface area contributed by atoms with Gasteiger partial charge < -0.3 is 9.88 Å². The maximum absolute atomic E-state index is 13.0. The Labute approximate surface area is 201 Å². The zero-order valence-corrected chi connectivity index (χ0v) is 20.0. The number of hydrogen-bond acceptors (Lipinski definition) is 5. The van der Waals surface area contributed by atoms with Crippen LogP contribution in [0.2, 0.25) is 0 Å². The van der Waals surface area contributed by atoms with Gasteiger partial charge in [-0.1, -0.05) is 72.4 Å². The first kappa shape index (κ1) is 23.6. The zero-order valence-electron chi connectivity index (χ0n) is 19.2. The summed E-state index contributed by atoms with van der Waals surface area (Å²) in [7, 11) is 3.07. The first-order chi connectivity index (χ1) is 16.5. The number of aromatic nitrogens is 4. The van der Waals surface area contributed by atoms with E-state index in [9.17, 15) is 14.4 Å². The number of imidazole rings is 1. The maximum atomic E-state index is 13.0. The highest BCUT2D eigenvalue weighted by Gasteiger charge is 2.20. The molecule has 0 aliphatic rings. The number of amides is 1. The van der Waals surface area contributed by atoms with Gasteiger partial charge in [-0.25, -0.2) is 9.78 Å². The summed E-state index contributed by atoms with van der Waals surface area (Å²) >= 11 is 1.27. The van der Waals surface area contributed by atoms with Gasteiger partial charge >= 0.3 is 5.69 Å². The maximum Gasteiger partial charge on any atom is 0.332 e. The monoisotopic (exact) mass is 477 g/mol. The van der Waals surface area contributed by atoms with E-state index in [4.69, 9.17) is 0 Å². The van der Waals surface area contributed by atoms with Crippen molar-refractivity contribution in [1.82, 2.24) is 24.0 Å². The number of aryl methyl sites for hydroxylation is 3. The number of nitrogens with one attached hydrogen (secondary N) is 1. The molecule has 34 heavy (non-hydrogen) atoms. The van der Waals surface area contributed by atoms with Gasteiger partial charge in [0.1, 0.15) is 0 Å². The van der Waals surface area contributed by atoms with Crippen LogP contribution in [-0.4, -0.2) is 30.3 Å². The molecule has 0 saturated carbocycles. The predicted octanol–water partition coefficient (Wildman–Crippen LogP) is 2.48. The van der Waals surface area contributed by atoms with E-state index in [-0.39, 0.29) is 17.2 Å². The predicted molar refractivity (Wildman–Crippen MR) is 134 cm³/mol. The number of benzene rings is 2. The second kappa shape index (κ2) is 10.6. The first-order valence-electron chi connectivity index (χ1n) is 11.1. The molecule has 0 spiro atoms. The van der Waals surface area contributed by atoms with Crippen LogP contribution in [0.15, 0.2) is 75.4 Å². The lowest BCUT2D eigenvalue weighted by molar-refractivity contribution is -0.118. The van der Waals surface area contributed by atoms with E-state index in [2.05, 4.69) is 22.4 Å². The van der Waals surface area contributed by atoms with Gasteiger partial charge in [-0.2, -0.15) is 0 Å². The Morgan fingerprint density at radius 3 is 2.26 bits per heavy atom. The number of carbonyl (C=O) groups excluding carboxylic acids is 1. The summed E-state index contributed by atoms with van der Waals surface area (Å²) in [4.78, 5) is 42.4. The molecule has 176 valence electrons. The lowest BCUT2D eigenvalue weighted by atomic mass is 10.1. The largest absolute Gasteiger partial charge is 0.351 e. The van der Waals surface area contributed by atoms with E-state index in [1.165, 1.54) is 28.9 Å². The number of rotatable bonds is 9. The van der Waals surface area contributed by atoms with Gasteiger partial charge in [0.25, 0.3) is 5.56 Å². The van der Waals surface area contributed by atoms with Crippen molar-refractivity contribution in [2.24, 2.45) is 14.1 Å². The van der Waals surface area contributed by atoms with Crippen LogP contribution >= 0.6 is 11.8 Å². The number of hydrogen-bond donors (Lipinski definition) is 1. The molecule has 0 bridgehead atoms. The molecule has 0 atom stereocenters. The van der Waals surface area contributed by atoms with E-state index in [1.807, 2.05) is 53.1 Å².